The summed E-state index contributed by atoms with van der Waals surface area (Å²) in [5.41, 5.74) is 0.464. The van der Waals surface area contributed by atoms with Gasteiger partial charge in [0.25, 0.3) is 5.91 Å². The predicted octanol–water partition coefficient (Wildman–Crippen LogP) is 1.47. The normalized spacial score (nSPS) is 18.1. The predicted molar refractivity (Wildman–Crippen MR) is 105 cm³/mol. The molecule has 1 N–H and O–H groups in total. The first kappa shape index (κ1) is 20.8. The molecule has 2 aromatic carbocycles. The van der Waals surface area contributed by atoms with Crippen LogP contribution in [0, 0.1) is 0 Å². The Bertz CT molecular complexity index is 976. The second-order valence-electron chi connectivity index (χ2n) is 6.62. The maximum atomic E-state index is 13.2. The molecule has 0 radical (unpaired) electrons. The van der Waals surface area contributed by atoms with Crippen LogP contribution in [0.25, 0.3) is 0 Å². The fourth-order valence-corrected chi connectivity index (χ4v) is 4.89. The van der Waals surface area contributed by atoms with Crippen LogP contribution in [0.4, 0.5) is 0 Å². The van der Waals surface area contributed by atoms with Crippen LogP contribution in [0.3, 0.4) is 0 Å². The Balaban J connectivity index is 1.93. The molecule has 0 saturated carbocycles. The number of phenols is 1. The Morgan fingerprint density at radius 3 is 2.31 bits per heavy atom. The number of nitrogens with zero attached hydrogens (tertiary/aromatic N) is 2. The molecule has 1 heterocycles. The zero-order valence-electron chi connectivity index (χ0n) is 15.9. The zero-order valence-corrected chi connectivity index (χ0v) is 16.7. The highest BCUT2D eigenvalue weighted by Gasteiger charge is 2.40. The van der Waals surface area contributed by atoms with Crippen molar-refractivity contribution in [3.05, 3.63) is 60.2 Å². The third kappa shape index (κ3) is 4.41. The molecule has 29 heavy (non-hydrogen) atoms. The van der Waals surface area contributed by atoms with E-state index in [0.717, 1.165) is 4.31 Å². The van der Waals surface area contributed by atoms with E-state index in [-0.39, 0.29) is 29.6 Å². The summed E-state index contributed by atoms with van der Waals surface area (Å²) in [6.45, 7) is 0.252. The van der Waals surface area contributed by atoms with Crippen LogP contribution in [0.2, 0.25) is 0 Å². The number of ether oxygens (including phenoxy) is 1. The van der Waals surface area contributed by atoms with Gasteiger partial charge in [-0.25, -0.2) is 8.42 Å². The molecule has 9 heteroatoms. The lowest BCUT2D eigenvalue weighted by atomic mass is 10.2. The molecule has 1 saturated heterocycles. The Hall–Kier alpha value is -2.91. The lowest BCUT2D eigenvalue weighted by Gasteiger charge is -2.29. The van der Waals surface area contributed by atoms with Gasteiger partial charge in [-0.3, -0.25) is 9.59 Å². The highest BCUT2D eigenvalue weighted by molar-refractivity contribution is 7.89. The number of benzene rings is 2. The largest absolute Gasteiger partial charge is 0.508 e. The molecule has 0 bridgehead atoms. The zero-order chi connectivity index (χ0) is 21.0. The van der Waals surface area contributed by atoms with Crippen LogP contribution in [0.15, 0.2) is 59.5 Å². The molecular weight excluding hydrogens is 396 g/mol. The van der Waals surface area contributed by atoms with E-state index >= 15 is 0 Å². The quantitative estimate of drug-likeness (QED) is 0.754. The number of esters is 1. The van der Waals surface area contributed by atoms with Gasteiger partial charge in [0, 0.05) is 25.2 Å². The fourth-order valence-electron chi connectivity index (χ4n) is 3.28. The number of sulfonamides is 1. The summed E-state index contributed by atoms with van der Waals surface area (Å²) in [7, 11) is -2.85. The van der Waals surface area contributed by atoms with Gasteiger partial charge in [-0.15, -0.1) is 0 Å². The van der Waals surface area contributed by atoms with E-state index in [4.69, 9.17) is 4.74 Å². The first-order valence-electron chi connectivity index (χ1n) is 9.07. The van der Waals surface area contributed by atoms with Crippen molar-refractivity contribution in [3.63, 3.8) is 0 Å². The highest BCUT2D eigenvalue weighted by atomic mass is 32.2. The first-order valence-corrected chi connectivity index (χ1v) is 10.5. The molecule has 154 valence electrons. The first-order chi connectivity index (χ1) is 13.8. The van der Waals surface area contributed by atoms with Crippen molar-refractivity contribution in [1.82, 2.24) is 9.21 Å². The van der Waals surface area contributed by atoms with E-state index in [1.165, 1.54) is 36.3 Å². The fraction of sp³-hybridized carbons (Fsp3) is 0.300. The molecule has 1 unspecified atom stereocenters. The van der Waals surface area contributed by atoms with Crippen molar-refractivity contribution >= 4 is 21.9 Å². The smallest absolute Gasteiger partial charge is 0.326 e. The minimum Gasteiger partial charge on any atom is -0.508 e. The maximum absolute atomic E-state index is 13.2. The second kappa shape index (κ2) is 8.62. The Morgan fingerprint density at radius 1 is 1.03 bits per heavy atom. The molecule has 1 amide bonds. The van der Waals surface area contributed by atoms with Crippen molar-refractivity contribution in [1.29, 1.82) is 0 Å². The Kier molecular flexibility index (Phi) is 6.19. The summed E-state index contributed by atoms with van der Waals surface area (Å²) in [6.07, 6.45) is 0.364. The number of methoxy groups -OCH3 is 1. The maximum Gasteiger partial charge on any atom is 0.326 e. The topological polar surface area (TPSA) is 104 Å². The molecule has 3 rings (SSSR count). The lowest BCUT2D eigenvalue weighted by Crippen LogP contribution is -2.50. The van der Waals surface area contributed by atoms with Crippen molar-refractivity contribution in [2.75, 3.05) is 26.7 Å². The van der Waals surface area contributed by atoms with Crippen LogP contribution in [0.1, 0.15) is 16.8 Å². The summed E-state index contributed by atoms with van der Waals surface area (Å²) in [6, 6.07) is 12.5. The molecule has 1 atom stereocenters. The lowest BCUT2D eigenvalue weighted by molar-refractivity contribution is -0.145. The van der Waals surface area contributed by atoms with Crippen LogP contribution in [-0.2, 0) is 19.6 Å². The molecule has 1 aliphatic heterocycles. The number of amides is 1. The van der Waals surface area contributed by atoms with Gasteiger partial charge in [0.15, 0.2) is 0 Å². The Morgan fingerprint density at radius 2 is 1.69 bits per heavy atom. The summed E-state index contributed by atoms with van der Waals surface area (Å²) in [5.74, 6) is -1.08. The molecule has 1 fully saturated rings. The SMILES string of the molecule is COC(=O)C1CN(C(=O)c2ccccc2)CCCN1S(=O)(=O)c1ccc(O)cc1. The average molecular weight is 418 g/mol. The average Bonchev–Trinajstić information content (AvgIpc) is 2.97. The number of carbonyl (C=O) groups excluding carboxylic acids is 2. The number of rotatable bonds is 4. The van der Waals surface area contributed by atoms with Crippen LogP contribution in [-0.4, -0.2) is 67.4 Å². The molecule has 2 aromatic rings. The van der Waals surface area contributed by atoms with Gasteiger partial charge in [0.05, 0.1) is 12.0 Å². The standard InChI is InChI=1S/C20H22N2O6S/c1-28-20(25)18-14-21(19(24)15-6-3-2-4-7-15)12-5-13-22(18)29(26,27)17-10-8-16(23)9-11-17/h2-4,6-11,18,23H,5,12-14H2,1H3. The number of carbonyl (C=O) groups is 2. The van der Waals surface area contributed by atoms with Crippen molar-refractivity contribution in [3.8, 4) is 5.75 Å². The number of phenolic OH excluding ortho intramolecular Hbond substituents is 1. The van der Waals surface area contributed by atoms with Crippen LogP contribution >= 0.6 is 0 Å². The summed E-state index contributed by atoms with van der Waals surface area (Å²) in [4.78, 5) is 26.7. The number of hydrogen-bond donors (Lipinski definition) is 1. The van der Waals surface area contributed by atoms with Crippen molar-refractivity contribution < 1.29 is 27.9 Å². The van der Waals surface area contributed by atoms with E-state index in [2.05, 4.69) is 0 Å². The van der Waals surface area contributed by atoms with E-state index < -0.39 is 22.0 Å². The molecular formula is C20H22N2O6S. The third-order valence-corrected chi connectivity index (χ3v) is 6.69. The van der Waals surface area contributed by atoms with E-state index in [1.54, 1.807) is 30.3 Å². The molecule has 8 nitrogen and oxygen atoms in total. The summed E-state index contributed by atoms with van der Waals surface area (Å²) < 4.78 is 32.2. The minimum absolute atomic E-state index is 0.0490. The van der Waals surface area contributed by atoms with Gasteiger partial charge in [-0.2, -0.15) is 4.31 Å². The molecule has 0 aliphatic carbocycles. The molecule has 0 spiro atoms. The summed E-state index contributed by atoms with van der Waals surface area (Å²) in [5, 5.41) is 9.43. The minimum atomic E-state index is -4.04. The van der Waals surface area contributed by atoms with E-state index in [0.29, 0.717) is 18.5 Å². The molecule has 0 aromatic heterocycles. The van der Waals surface area contributed by atoms with Gasteiger partial charge in [0.2, 0.25) is 10.0 Å². The van der Waals surface area contributed by atoms with Crippen molar-refractivity contribution in [2.45, 2.75) is 17.4 Å². The number of aromatic hydroxyl groups is 1. The van der Waals surface area contributed by atoms with Gasteiger partial charge >= 0.3 is 5.97 Å². The second-order valence-corrected chi connectivity index (χ2v) is 8.51. The van der Waals surface area contributed by atoms with Gasteiger partial charge in [0.1, 0.15) is 11.8 Å². The van der Waals surface area contributed by atoms with Gasteiger partial charge in [-0.1, -0.05) is 18.2 Å². The highest BCUT2D eigenvalue weighted by Crippen LogP contribution is 2.24. The van der Waals surface area contributed by atoms with Crippen LogP contribution in [0.5, 0.6) is 5.75 Å². The Labute approximate surface area is 169 Å². The third-order valence-electron chi connectivity index (χ3n) is 4.77. The van der Waals surface area contributed by atoms with E-state index in [1.807, 2.05) is 0 Å². The van der Waals surface area contributed by atoms with E-state index in [9.17, 15) is 23.1 Å². The number of hydrogen-bond acceptors (Lipinski definition) is 6. The van der Waals surface area contributed by atoms with Crippen LogP contribution < -0.4 is 0 Å². The molecule has 1 aliphatic rings. The van der Waals surface area contributed by atoms with Crippen molar-refractivity contribution in [2.24, 2.45) is 0 Å². The van der Waals surface area contributed by atoms with Gasteiger partial charge < -0.3 is 14.7 Å². The van der Waals surface area contributed by atoms with Gasteiger partial charge in [-0.05, 0) is 42.8 Å². The summed E-state index contributed by atoms with van der Waals surface area (Å²) >= 11 is 0. The monoisotopic (exact) mass is 418 g/mol.